The number of benzene rings is 3. The Kier molecular flexibility index (Phi) is 6.60. The average molecular weight is 473 g/mol. The quantitative estimate of drug-likeness (QED) is 0.453. The van der Waals surface area contributed by atoms with Gasteiger partial charge < -0.3 is 20.5 Å². The molecule has 2 amide bonds. The summed E-state index contributed by atoms with van der Waals surface area (Å²) in [5.74, 6) is -1.78. The maximum Gasteiger partial charge on any atom is 0.407 e. The van der Waals surface area contributed by atoms with Crippen LogP contribution in [0.2, 0.25) is 0 Å². The predicted octanol–water partition coefficient (Wildman–Crippen LogP) is 5.28. The van der Waals surface area contributed by atoms with Crippen molar-refractivity contribution in [1.29, 1.82) is 0 Å². The molecule has 4 rings (SSSR count). The van der Waals surface area contributed by atoms with E-state index < -0.39 is 29.4 Å². The summed E-state index contributed by atoms with van der Waals surface area (Å²) in [5, 5.41) is 14.7. The van der Waals surface area contributed by atoms with Crippen molar-refractivity contribution in [3.63, 3.8) is 0 Å². The van der Waals surface area contributed by atoms with Crippen molar-refractivity contribution in [2.45, 2.75) is 32.7 Å². The first-order chi connectivity index (χ1) is 16.7. The number of rotatable bonds is 6. The number of carbonyl (C=O) groups is 3. The van der Waals surface area contributed by atoms with Crippen LogP contribution in [-0.2, 0) is 9.53 Å². The second-order valence-electron chi connectivity index (χ2n) is 9.61. The molecule has 7 nitrogen and oxygen atoms in total. The van der Waals surface area contributed by atoms with Crippen LogP contribution in [0, 0.1) is 5.41 Å². The van der Waals surface area contributed by atoms with Gasteiger partial charge in [0.05, 0.1) is 11.3 Å². The molecule has 1 aliphatic carbocycles. The third kappa shape index (κ3) is 5.04. The van der Waals surface area contributed by atoms with Crippen LogP contribution in [0.3, 0.4) is 0 Å². The predicted molar refractivity (Wildman–Crippen MR) is 133 cm³/mol. The third-order valence-electron chi connectivity index (χ3n) is 6.15. The summed E-state index contributed by atoms with van der Waals surface area (Å²) in [7, 11) is 0. The monoisotopic (exact) mass is 472 g/mol. The molecule has 0 aromatic heterocycles. The van der Waals surface area contributed by atoms with Crippen LogP contribution in [0.4, 0.5) is 10.5 Å². The second kappa shape index (κ2) is 9.62. The van der Waals surface area contributed by atoms with Crippen LogP contribution >= 0.6 is 0 Å². The van der Waals surface area contributed by atoms with Gasteiger partial charge in [-0.1, -0.05) is 81.4 Å². The summed E-state index contributed by atoms with van der Waals surface area (Å²) in [6.07, 6.45) is -0.714. The van der Waals surface area contributed by atoms with Crippen molar-refractivity contribution in [3.05, 3.63) is 89.5 Å². The van der Waals surface area contributed by atoms with Crippen LogP contribution in [-0.4, -0.2) is 35.7 Å². The minimum atomic E-state index is -1.15. The number of carboxylic acids is 1. The molecule has 3 N–H and O–H groups in total. The zero-order valence-corrected chi connectivity index (χ0v) is 19.9. The fourth-order valence-corrected chi connectivity index (χ4v) is 4.42. The van der Waals surface area contributed by atoms with E-state index in [1.165, 1.54) is 12.1 Å². The van der Waals surface area contributed by atoms with E-state index in [-0.39, 0.29) is 23.8 Å². The van der Waals surface area contributed by atoms with E-state index in [0.29, 0.717) is 0 Å². The molecule has 0 unspecified atom stereocenters. The molecule has 0 saturated heterocycles. The Morgan fingerprint density at radius 1 is 0.886 bits per heavy atom. The number of anilines is 1. The molecule has 1 aliphatic rings. The second-order valence-corrected chi connectivity index (χ2v) is 9.61. The smallest absolute Gasteiger partial charge is 0.407 e. The molecular weight excluding hydrogens is 444 g/mol. The number of fused-ring (bicyclic) bond motifs is 3. The molecule has 0 saturated carbocycles. The summed E-state index contributed by atoms with van der Waals surface area (Å²) in [6.45, 7) is 5.55. The number of para-hydroxylation sites is 1. The molecule has 7 heteroatoms. The number of ether oxygens (including phenoxy) is 1. The Balaban J connectivity index is 1.47. The molecule has 0 heterocycles. The fraction of sp³-hybridized carbons (Fsp3) is 0.250. The third-order valence-corrected chi connectivity index (χ3v) is 6.15. The van der Waals surface area contributed by atoms with Gasteiger partial charge in [0.25, 0.3) is 0 Å². The molecule has 0 spiro atoms. The lowest BCUT2D eigenvalue weighted by Crippen LogP contribution is -2.51. The van der Waals surface area contributed by atoms with Crippen LogP contribution in [0.25, 0.3) is 11.1 Å². The summed E-state index contributed by atoms with van der Waals surface area (Å²) >= 11 is 0. The summed E-state index contributed by atoms with van der Waals surface area (Å²) in [4.78, 5) is 37.4. The summed E-state index contributed by atoms with van der Waals surface area (Å²) in [6, 6.07) is 21.3. The number of alkyl carbamates (subject to hydrolysis) is 1. The van der Waals surface area contributed by atoms with Crippen molar-refractivity contribution in [1.82, 2.24) is 5.32 Å². The molecule has 0 fully saturated rings. The number of nitrogens with one attached hydrogen (secondary N) is 2. The molecule has 3 aromatic carbocycles. The topological polar surface area (TPSA) is 105 Å². The van der Waals surface area contributed by atoms with Gasteiger partial charge in [0.15, 0.2) is 0 Å². The van der Waals surface area contributed by atoms with Crippen LogP contribution in [0.1, 0.15) is 48.2 Å². The maximum absolute atomic E-state index is 13.1. The van der Waals surface area contributed by atoms with Gasteiger partial charge in [0, 0.05) is 5.92 Å². The number of hydrogen-bond donors (Lipinski definition) is 3. The van der Waals surface area contributed by atoms with Crippen LogP contribution < -0.4 is 10.6 Å². The van der Waals surface area contributed by atoms with Crippen molar-refractivity contribution >= 4 is 23.7 Å². The molecule has 1 atom stereocenters. The highest BCUT2D eigenvalue weighted by Gasteiger charge is 2.35. The first-order valence-electron chi connectivity index (χ1n) is 11.4. The Labute approximate surface area is 204 Å². The van der Waals surface area contributed by atoms with Gasteiger partial charge in [-0.05, 0) is 39.8 Å². The Morgan fingerprint density at radius 3 is 2.00 bits per heavy atom. The van der Waals surface area contributed by atoms with Gasteiger partial charge in [-0.15, -0.1) is 0 Å². The van der Waals surface area contributed by atoms with E-state index >= 15 is 0 Å². The Hall–Kier alpha value is -4.13. The van der Waals surface area contributed by atoms with E-state index in [4.69, 9.17) is 4.74 Å². The zero-order valence-electron chi connectivity index (χ0n) is 19.9. The minimum absolute atomic E-state index is 0.0327. The molecule has 35 heavy (non-hydrogen) atoms. The highest BCUT2D eigenvalue weighted by atomic mass is 16.5. The molecular formula is C28H28N2O5. The van der Waals surface area contributed by atoms with Crippen LogP contribution in [0.15, 0.2) is 72.8 Å². The molecule has 0 radical (unpaired) electrons. The maximum atomic E-state index is 13.1. The van der Waals surface area contributed by atoms with Crippen molar-refractivity contribution < 1.29 is 24.2 Å². The minimum Gasteiger partial charge on any atom is -0.478 e. The number of aromatic carboxylic acids is 1. The van der Waals surface area contributed by atoms with Crippen molar-refractivity contribution in [3.8, 4) is 11.1 Å². The van der Waals surface area contributed by atoms with Crippen LogP contribution in [0.5, 0.6) is 0 Å². The Bertz CT molecular complexity index is 1230. The fourth-order valence-electron chi connectivity index (χ4n) is 4.42. The Morgan fingerprint density at radius 2 is 1.43 bits per heavy atom. The lowest BCUT2D eigenvalue weighted by Gasteiger charge is -2.30. The van der Waals surface area contributed by atoms with Crippen molar-refractivity contribution in [2.24, 2.45) is 5.41 Å². The van der Waals surface area contributed by atoms with Gasteiger partial charge in [0.2, 0.25) is 5.91 Å². The number of hydrogen-bond acceptors (Lipinski definition) is 4. The SMILES string of the molecule is CC(C)(C)[C@@H](NC(=O)OCC1c2ccccc2-c2ccccc21)C(=O)Nc1ccccc1C(=O)O. The molecule has 0 aliphatic heterocycles. The van der Waals surface area contributed by atoms with E-state index in [1.807, 2.05) is 57.2 Å². The highest BCUT2D eigenvalue weighted by Crippen LogP contribution is 2.44. The lowest BCUT2D eigenvalue weighted by atomic mass is 9.86. The van der Waals surface area contributed by atoms with Gasteiger partial charge in [-0.3, -0.25) is 4.79 Å². The number of amides is 2. The first kappa shape index (κ1) is 24.0. The van der Waals surface area contributed by atoms with Gasteiger partial charge in [0.1, 0.15) is 12.6 Å². The standard InChI is InChI=1S/C28H28N2O5/c1-28(2,3)24(25(31)29-23-15-9-8-14-21(23)26(32)33)30-27(34)35-16-22-19-12-6-4-10-17(19)18-11-5-7-13-20(18)22/h4-15,22,24H,16H2,1-3H3,(H,29,31)(H,30,34)(H,32,33)/t24-/m0/s1. The summed E-state index contributed by atoms with van der Waals surface area (Å²) < 4.78 is 5.60. The highest BCUT2D eigenvalue weighted by molar-refractivity contribution is 6.03. The largest absolute Gasteiger partial charge is 0.478 e. The number of carboxylic acid groups (broad SMARTS) is 1. The first-order valence-corrected chi connectivity index (χ1v) is 11.4. The zero-order chi connectivity index (χ0) is 25.2. The van der Waals surface area contributed by atoms with Gasteiger partial charge in [-0.2, -0.15) is 0 Å². The molecule has 180 valence electrons. The van der Waals surface area contributed by atoms with Gasteiger partial charge in [-0.25, -0.2) is 9.59 Å². The lowest BCUT2D eigenvalue weighted by molar-refractivity contribution is -0.120. The van der Waals surface area contributed by atoms with Crippen molar-refractivity contribution in [2.75, 3.05) is 11.9 Å². The summed E-state index contributed by atoms with van der Waals surface area (Å²) in [5.41, 5.74) is 3.91. The van der Waals surface area contributed by atoms with E-state index in [0.717, 1.165) is 22.3 Å². The van der Waals surface area contributed by atoms with E-state index in [2.05, 4.69) is 22.8 Å². The van der Waals surface area contributed by atoms with Gasteiger partial charge >= 0.3 is 12.1 Å². The van der Waals surface area contributed by atoms with E-state index in [9.17, 15) is 19.5 Å². The molecule has 0 bridgehead atoms. The number of carbonyl (C=O) groups excluding carboxylic acids is 2. The van der Waals surface area contributed by atoms with E-state index in [1.54, 1.807) is 12.1 Å². The molecule has 3 aromatic rings. The normalized spacial score (nSPS) is 13.3. The average Bonchev–Trinajstić information content (AvgIpc) is 3.14.